The average molecular weight is 348 g/mol. The standard InChI is InChI=1S/C14H14BrN5O/c1-8-6-10-11(7-9(8)15)19-14(18-10)20-13(21)3-2-12-16-4-5-17-12/h4-7H,2-3H2,1H3,(H,16,17)(H2,18,19,20,21). The number of carbonyl (C=O) groups is 1. The highest BCUT2D eigenvalue weighted by Crippen LogP contribution is 2.23. The highest BCUT2D eigenvalue weighted by molar-refractivity contribution is 9.10. The number of carbonyl (C=O) groups excluding carboxylic acids is 1. The van der Waals surface area contributed by atoms with E-state index in [9.17, 15) is 4.79 Å². The average Bonchev–Trinajstić information content (AvgIpc) is 3.06. The molecule has 0 atom stereocenters. The minimum absolute atomic E-state index is 0.0961. The van der Waals surface area contributed by atoms with E-state index in [-0.39, 0.29) is 5.91 Å². The molecule has 0 aliphatic carbocycles. The molecule has 3 rings (SSSR count). The summed E-state index contributed by atoms with van der Waals surface area (Å²) >= 11 is 3.47. The molecule has 1 amide bonds. The summed E-state index contributed by atoms with van der Waals surface area (Å²) < 4.78 is 0.997. The summed E-state index contributed by atoms with van der Waals surface area (Å²) in [5.41, 5.74) is 2.83. The topological polar surface area (TPSA) is 86.5 Å². The maximum Gasteiger partial charge on any atom is 0.227 e. The van der Waals surface area contributed by atoms with Crippen molar-refractivity contribution >= 4 is 38.8 Å². The van der Waals surface area contributed by atoms with E-state index < -0.39 is 0 Å². The third-order valence-corrected chi connectivity index (χ3v) is 4.02. The van der Waals surface area contributed by atoms with Gasteiger partial charge in [-0.05, 0) is 24.6 Å². The number of anilines is 1. The number of benzene rings is 1. The second-order valence-corrected chi connectivity index (χ2v) is 5.64. The summed E-state index contributed by atoms with van der Waals surface area (Å²) in [6, 6.07) is 3.92. The number of halogens is 1. The Bertz CT molecular complexity index is 739. The van der Waals surface area contributed by atoms with Gasteiger partial charge in [-0.2, -0.15) is 0 Å². The first kappa shape index (κ1) is 13.8. The van der Waals surface area contributed by atoms with Gasteiger partial charge in [0.05, 0.1) is 11.0 Å². The number of imidazole rings is 2. The van der Waals surface area contributed by atoms with Crippen molar-refractivity contribution in [3.8, 4) is 0 Å². The molecule has 1 aromatic carbocycles. The Morgan fingerprint density at radius 2 is 2.29 bits per heavy atom. The van der Waals surface area contributed by atoms with Gasteiger partial charge in [0, 0.05) is 29.7 Å². The minimum atomic E-state index is -0.0961. The molecular formula is C14H14BrN5O. The molecule has 0 aliphatic rings. The van der Waals surface area contributed by atoms with Gasteiger partial charge < -0.3 is 9.97 Å². The first-order valence-electron chi connectivity index (χ1n) is 6.56. The third-order valence-electron chi connectivity index (χ3n) is 3.16. The summed E-state index contributed by atoms with van der Waals surface area (Å²) in [6.07, 6.45) is 4.34. The molecule has 0 fully saturated rings. The number of nitrogens with one attached hydrogen (secondary N) is 3. The largest absolute Gasteiger partial charge is 0.349 e. The third kappa shape index (κ3) is 3.13. The Balaban J connectivity index is 1.68. The van der Waals surface area contributed by atoms with Crippen molar-refractivity contribution in [2.24, 2.45) is 0 Å². The van der Waals surface area contributed by atoms with Gasteiger partial charge in [0.15, 0.2) is 0 Å². The molecule has 0 bridgehead atoms. The maximum absolute atomic E-state index is 11.9. The lowest BCUT2D eigenvalue weighted by Crippen LogP contribution is -2.13. The molecular weight excluding hydrogens is 334 g/mol. The van der Waals surface area contributed by atoms with Gasteiger partial charge in [-0.15, -0.1) is 0 Å². The second kappa shape index (κ2) is 5.69. The lowest BCUT2D eigenvalue weighted by atomic mass is 10.2. The Labute approximate surface area is 129 Å². The highest BCUT2D eigenvalue weighted by atomic mass is 79.9. The van der Waals surface area contributed by atoms with Gasteiger partial charge in [-0.1, -0.05) is 15.9 Å². The van der Waals surface area contributed by atoms with Crippen LogP contribution in [0.1, 0.15) is 17.8 Å². The Morgan fingerprint density at radius 3 is 3.05 bits per heavy atom. The molecule has 2 heterocycles. The normalized spacial score (nSPS) is 11.0. The summed E-state index contributed by atoms with van der Waals surface area (Å²) in [5.74, 6) is 1.17. The van der Waals surface area contributed by atoms with Crippen molar-refractivity contribution < 1.29 is 4.79 Å². The molecule has 3 N–H and O–H groups in total. The molecule has 3 aromatic rings. The van der Waals surface area contributed by atoms with Gasteiger partial charge in [-0.3, -0.25) is 10.1 Å². The van der Waals surface area contributed by atoms with Crippen LogP contribution < -0.4 is 5.32 Å². The molecule has 7 heteroatoms. The Kier molecular flexibility index (Phi) is 3.74. The number of rotatable bonds is 4. The van der Waals surface area contributed by atoms with Crippen molar-refractivity contribution in [1.29, 1.82) is 0 Å². The Morgan fingerprint density at radius 1 is 1.43 bits per heavy atom. The van der Waals surface area contributed by atoms with E-state index in [0.29, 0.717) is 18.8 Å². The summed E-state index contributed by atoms with van der Waals surface area (Å²) in [5, 5.41) is 2.77. The minimum Gasteiger partial charge on any atom is -0.349 e. The Hall–Kier alpha value is -2.15. The van der Waals surface area contributed by atoms with Gasteiger partial charge in [0.1, 0.15) is 5.82 Å². The quantitative estimate of drug-likeness (QED) is 0.678. The number of aryl methyl sites for hydroxylation is 2. The van der Waals surface area contributed by atoms with Crippen LogP contribution in [0.5, 0.6) is 0 Å². The monoisotopic (exact) mass is 347 g/mol. The predicted molar refractivity (Wildman–Crippen MR) is 84.1 cm³/mol. The number of H-pyrrole nitrogens is 2. The second-order valence-electron chi connectivity index (χ2n) is 4.79. The zero-order valence-electron chi connectivity index (χ0n) is 11.4. The molecule has 0 aliphatic heterocycles. The molecule has 0 saturated carbocycles. The number of hydrogen-bond donors (Lipinski definition) is 3. The lowest BCUT2D eigenvalue weighted by molar-refractivity contribution is -0.116. The molecule has 0 saturated heterocycles. The van der Waals surface area contributed by atoms with Crippen LogP contribution in [-0.4, -0.2) is 25.8 Å². The molecule has 108 valence electrons. The fourth-order valence-electron chi connectivity index (χ4n) is 2.06. The first-order valence-corrected chi connectivity index (χ1v) is 7.35. The molecule has 21 heavy (non-hydrogen) atoms. The predicted octanol–water partition coefficient (Wildman–Crippen LogP) is 2.93. The number of aromatic amines is 2. The van der Waals surface area contributed by atoms with Gasteiger partial charge in [0.2, 0.25) is 11.9 Å². The molecule has 2 aromatic heterocycles. The highest BCUT2D eigenvalue weighted by Gasteiger charge is 2.09. The van der Waals surface area contributed by atoms with Crippen molar-refractivity contribution in [3.05, 3.63) is 40.4 Å². The maximum atomic E-state index is 11.9. The number of nitrogens with zero attached hydrogens (tertiary/aromatic N) is 2. The van der Waals surface area contributed by atoms with Gasteiger partial charge in [-0.25, -0.2) is 9.97 Å². The first-order chi connectivity index (χ1) is 10.1. The van der Waals surface area contributed by atoms with Crippen LogP contribution in [0.2, 0.25) is 0 Å². The van der Waals surface area contributed by atoms with Crippen LogP contribution in [-0.2, 0) is 11.2 Å². The van der Waals surface area contributed by atoms with Crippen LogP contribution in [0.25, 0.3) is 11.0 Å². The summed E-state index contributed by atoms with van der Waals surface area (Å²) in [6.45, 7) is 2.01. The van der Waals surface area contributed by atoms with E-state index >= 15 is 0 Å². The van der Waals surface area contributed by atoms with Crippen LogP contribution in [0.4, 0.5) is 5.95 Å². The lowest BCUT2D eigenvalue weighted by Gasteiger charge is -2.00. The van der Waals surface area contributed by atoms with E-state index in [0.717, 1.165) is 26.9 Å². The van der Waals surface area contributed by atoms with Crippen LogP contribution in [0, 0.1) is 6.92 Å². The summed E-state index contributed by atoms with van der Waals surface area (Å²) in [7, 11) is 0. The van der Waals surface area contributed by atoms with Crippen molar-refractivity contribution in [2.75, 3.05) is 5.32 Å². The number of fused-ring (bicyclic) bond motifs is 1. The van der Waals surface area contributed by atoms with E-state index in [1.165, 1.54) is 0 Å². The van der Waals surface area contributed by atoms with E-state index in [1.807, 2.05) is 19.1 Å². The van der Waals surface area contributed by atoms with Crippen LogP contribution >= 0.6 is 15.9 Å². The van der Waals surface area contributed by atoms with Gasteiger partial charge in [0.25, 0.3) is 0 Å². The molecule has 0 spiro atoms. The molecule has 0 radical (unpaired) electrons. The smallest absolute Gasteiger partial charge is 0.227 e. The van der Waals surface area contributed by atoms with Crippen molar-refractivity contribution in [2.45, 2.75) is 19.8 Å². The van der Waals surface area contributed by atoms with Gasteiger partial charge >= 0.3 is 0 Å². The number of hydrogen-bond acceptors (Lipinski definition) is 3. The fourth-order valence-corrected chi connectivity index (χ4v) is 2.39. The zero-order valence-corrected chi connectivity index (χ0v) is 13.0. The summed E-state index contributed by atoms with van der Waals surface area (Å²) in [4.78, 5) is 26.4. The van der Waals surface area contributed by atoms with Crippen molar-refractivity contribution in [1.82, 2.24) is 19.9 Å². The zero-order chi connectivity index (χ0) is 14.8. The fraction of sp³-hybridized carbons (Fsp3) is 0.214. The van der Waals surface area contributed by atoms with E-state index in [4.69, 9.17) is 0 Å². The number of aromatic nitrogens is 4. The number of amides is 1. The van der Waals surface area contributed by atoms with Crippen molar-refractivity contribution in [3.63, 3.8) is 0 Å². The SMILES string of the molecule is Cc1cc2[nH]c(NC(=O)CCc3ncc[nH]3)nc2cc1Br. The van der Waals surface area contributed by atoms with E-state index in [2.05, 4.69) is 41.2 Å². The van der Waals surface area contributed by atoms with Crippen LogP contribution in [0.3, 0.4) is 0 Å². The van der Waals surface area contributed by atoms with E-state index in [1.54, 1.807) is 12.4 Å². The van der Waals surface area contributed by atoms with Crippen LogP contribution in [0.15, 0.2) is 29.0 Å². The molecule has 0 unspecified atom stereocenters. The molecule has 6 nitrogen and oxygen atoms in total.